The van der Waals surface area contributed by atoms with Crippen LogP contribution in [-0.2, 0) is 0 Å². The largest absolute Gasteiger partial charge is 0.323 e. The Balaban J connectivity index is 0.00000144. The molecule has 0 radical (unpaired) electrons. The van der Waals surface area contributed by atoms with Crippen LogP contribution in [0.15, 0.2) is 30.3 Å². The normalized spacial score (nSPS) is 18.6. The fourth-order valence-electron chi connectivity index (χ4n) is 1.90. The highest BCUT2D eigenvalue weighted by atomic mass is 35.5. The molecule has 1 unspecified atom stereocenters. The van der Waals surface area contributed by atoms with E-state index in [0.717, 1.165) is 25.2 Å². The topological polar surface area (TPSA) is 44.4 Å². The number of halogens is 1. The number of anilines is 1. The van der Waals surface area contributed by atoms with Crippen LogP contribution in [0.4, 0.5) is 10.5 Å². The smallest absolute Gasteiger partial charge is 0.321 e. The van der Waals surface area contributed by atoms with Gasteiger partial charge in [0.2, 0.25) is 0 Å². The van der Waals surface area contributed by atoms with Gasteiger partial charge in [-0.05, 0) is 25.6 Å². The third-order valence-electron chi connectivity index (χ3n) is 2.91. The number of amides is 2. The molecular weight excluding hydrogens is 238 g/mol. The van der Waals surface area contributed by atoms with Crippen molar-refractivity contribution >= 4 is 24.1 Å². The molecule has 0 aliphatic carbocycles. The van der Waals surface area contributed by atoms with E-state index >= 15 is 0 Å². The van der Waals surface area contributed by atoms with Gasteiger partial charge in [0.25, 0.3) is 0 Å². The van der Waals surface area contributed by atoms with Gasteiger partial charge in [-0.3, -0.25) is 0 Å². The molecule has 1 aromatic rings. The highest BCUT2D eigenvalue weighted by Gasteiger charge is 2.24. The lowest BCUT2D eigenvalue weighted by Crippen LogP contribution is -2.36. The van der Waals surface area contributed by atoms with Crippen LogP contribution in [0.2, 0.25) is 0 Å². The average Bonchev–Trinajstić information content (AvgIpc) is 2.79. The van der Waals surface area contributed by atoms with E-state index in [1.165, 1.54) is 0 Å². The van der Waals surface area contributed by atoms with Crippen LogP contribution in [-0.4, -0.2) is 37.1 Å². The molecule has 94 valence electrons. The Morgan fingerprint density at radius 2 is 2.06 bits per heavy atom. The third kappa shape index (κ3) is 3.61. The van der Waals surface area contributed by atoms with Gasteiger partial charge in [0.1, 0.15) is 0 Å². The molecule has 1 atom stereocenters. The average molecular weight is 256 g/mol. The molecule has 2 amide bonds. The number of carbonyl (C=O) groups excluding carboxylic acids is 1. The van der Waals surface area contributed by atoms with Crippen molar-refractivity contribution in [3.05, 3.63) is 30.3 Å². The second kappa shape index (κ2) is 6.47. The van der Waals surface area contributed by atoms with Crippen LogP contribution in [0.5, 0.6) is 0 Å². The molecule has 2 rings (SSSR count). The molecule has 2 N–H and O–H groups in total. The van der Waals surface area contributed by atoms with E-state index in [0.29, 0.717) is 6.04 Å². The monoisotopic (exact) mass is 255 g/mol. The number of nitrogens with one attached hydrogen (secondary N) is 2. The molecule has 1 aliphatic rings. The number of carbonyl (C=O) groups is 1. The van der Waals surface area contributed by atoms with Gasteiger partial charge in [0.15, 0.2) is 0 Å². The first-order valence-corrected chi connectivity index (χ1v) is 5.58. The number of urea groups is 1. The van der Waals surface area contributed by atoms with Crippen molar-refractivity contribution in [2.45, 2.75) is 12.5 Å². The van der Waals surface area contributed by atoms with Crippen molar-refractivity contribution in [2.75, 3.05) is 25.5 Å². The molecule has 0 bridgehead atoms. The maximum absolute atomic E-state index is 11.9. The van der Waals surface area contributed by atoms with E-state index < -0.39 is 0 Å². The molecule has 1 aromatic carbocycles. The second-order valence-corrected chi connectivity index (χ2v) is 4.02. The second-order valence-electron chi connectivity index (χ2n) is 4.02. The fourth-order valence-corrected chi connectivity index (χ4v) is 1.90. The minimum absolute atomic E-state index is 0. The Kier molecular flexibility index (Phi) is 5.25. The lowest BCUT2D eigenvalue weighted by molar-refractivity contribution is 0.221. The number of rotatable bonds is 2. The van der Waals surface area contributed by atoms with Gasteiger partial charge in [0.05, 0.1) is 0 Å². The zero-order chi connectivity index (χ0) is 11.4. The van der Waals surface area contributed by atoms with Crippen molar-refractivity contribution < 1.29 is 4.79 Å². The predicted octanol–water partition coefficient (Wildman–Crippen LogP) is 1.93. The number of hydrogen-bond donors (Lipinski definition) is 2. The highest BCUT2D eigenvalue weighted by molar-refractivity contribution is 5.89. The van der Waals surface area contributed by atoms with E-state index in [1.807, 2.05) is 42.3 Å². The number of likely N-dealkylation sites (tertiary alicyclic amines) is 1. The molecule has 1 heterocycles. The van der Waals surface area contributed by atoms with E-state index in [-0.39, 0.29) is 18.4 Å². The molecule has 17 heavy (non-hydrogen) atoms. The summed E-state index contributed by atoms with van der Waals surface area (Å²) in [5.74, 6) is 0. The zero-order valence-electron chi connectivity index (χ0n) is 9.85. The SMILES string of the molecule is CNC1CCN(C(=O)Nc2ccccc2)C1.Cl. The number of benzene rings is 1. The lowest BCUT2D eigenvalue weighted by Gasteiger charge is -2.17. The van der Waals surface area contributed by atoms with E-state index in [9.17, 15) is 4.79 Å². The molecule has 0 aromatic heterocycles. The summed E-state index contributed by atoms with van der Waals surface area (Å²) in [5, 5.41) is 6.08. The molecule has 1 aliphatic heterocycles. The Labute approximate surface area is 108 Å². The summed E-state index contributed by atoms with van der Waals surface area (Å²) in [7, 11) is 1.93. The van der Waals surface area contributed by atoms with Crippen molar-refractivity contribution in [1.29, 1.82) is 0 Å². The lowest BCUT2D eigenvalue weighted by atomic mass is 10.3. The molecule has 4 nitrogen and oxygen atoms in total. The summed E-state index contributed by atoms with van der Waals surface area (Å²) in [6, 6.07) is 9.96. The Bertz CT molecular complexity index is 358. The molecule has 1 fully saturated rings. The van der Waals surface area contributed by atoms with Gasteiger partial charge in [-0.15, -0.1) is 12.4 Å². The highest BCUT2D eigenvalue weighted by Crippen LogP contribution is 2.12. The summed E-state index contributed by atoms with van der Waals surface area (Å²) in [4.78, 5) is 13.7. The standard InChI is InChI=1S/C12H17N3O.ClH/c1-13-11-7-8-15(9-11)12(16)14-10-5-3-2-4-6-10;/h2-6,11,13H,7-9H2,1H3,(H,14,16);1H. The maximum atomic E-state index is 11.9. The van der Waals surface area contributed by atoms with E-state index in [4.69, 9.17) is 0 Å². The minimum atomic E-state index is -0.0102. The first kappa shape index (κ1) is 13.8. The summed E-state index contributed by atoms with van der Waals surface area (Å²) in [6.07, 6.45) is 1.03. The molecule has 5 heteroatoms. The number of likely N-dealkylation sites (N-methyl/N-ethyl adjacent to an activating group) is 1. The quantitative estimate of drug-likeness (QED) is 0.848. The molecule has 1 saturated heterocycles. The van der Waals surface area contributed by atoms with Crippen LogP contribution >= 0.6 is 12.4 Å². The number of para-hydroxylation sites is 1. The maximum Gasteiger partial charge on any atom is 0.321 e. The van der Waals surface area contributed by atoms with Crippen LogP contribution in [0.25, 0.3) is 0 Å². The van der Waals surface area contributed by atoms with Crippen LogP contribution in [0.1, 0.15) is 6.42 Å². The van der Waals surface area contributed by atoms with Crippen LogP contribution in [0.3, 0.4) is 0 Å². The van der Waals surface area contributed by atoms with Crippen LogP contribution < -0.4 is 10.6 Å². The summed E-state index contributed by atoms with van der Waals surface area (Å²) in [6.45, 7) is 1.61. The third-order valence-corrected chi connectivity index (χ3v) is 2.91. The van der Waals surface area contributed by atoms with Gasteiger partial charge >= 0.3 is 6.03 Å². The van der Waals surface area contributed by atoms with Gasteiger partial charge in [-0.25, -0.2) is 4.79 Å². The van der Waals surface area contributed by atoms with Crippen molar-refractivity contribution in [1.82, 2.24) is 10.2 Å². The van der Waals surface area contributed by atoms with E-state index in [2.05, 4.69) is 10.6 Å². The first-order valence-electron chi connectivity index (χ1n) is 5.58. The molecular formula is C12H18ClN3O. The van der Waals surface area contributed by atoms with Gasteiger partial charge < -0.3 is 15.5 Å². The summed E-state index contributed by atoms with van der Waals surface area (Å²) >= 11 is 0. The number of hydrogen-bond acceptors (Lipinski definition) is 2. The minimum Gasteiger partial charge on any atom is -0.323 e. The van der Waals surface area contributed by atoms with Gasteiger partial charge in [-0.2, -0.15) is 0 Å². The van der Waals surface area contributed by atoms with Gasteiger partial charge in [-0.1, -0.05) is 18.2 Å². The van der Waals surface area contributed by atoms with Crippen LogP contribution in [0, 0.1) is 0 Å². The summed E-state index contributed by atoms with van der Waals surface area (Å²) < 4.78 is 0. The van der Waals surface area contributed by atoms with Gasteiger partial charge in [0, 0.05) is 24.8 Å². The Morgan fingerprint density at radius 3 is 2.65 bits per heavy atom. The van der Waals surface area contributed by atoms with Crippen molar-refractivity contribution in [3.63, 3.8) is 0 Å². The van der Waals surface area contributed by atoms with Crippen molar-refractivity contribution in [2.24, 2.45) is 0 Å². The Hall–Kier alpha value is -1.26. The predicted molar refractivity (Wildman–Crippen MR) is 71.7 cm³/mol. The fraction of sp³-hybridized carbons (Fsp3) is 0.417. The first-order chi connectivity index (χ1) is 7.79. The van der Waals surface area contributed by atoms with E-state index in [1.54, 1.807) is 0 Å². The summed E-state index contributed by atoms with van der Waals surface area (Å²) in [5.41, 5.74) is 0.848. The molecule has 0 spiro atoms. The zero-order valence-corrected chi connectivity index (χ0v) is 10.7. The number of nitrogens with zero attached hydrogens (tertiary/aromatic N) is 1. The molecule has 0 saturated carbocycles. The Morgan fingerprint density at radius 1 is 1.35 bits per heavy atom. The van der Waals surface area contributed by atoms with Crippen molar-refractivity contribution in [3.8, 4) is 0 Å².